The summed E-state index contributed by atoms with van der Waals surface area (Å²) < 4.78 is 0. The van der Waals surface area contributed by atoms with Gasteiger partial charge in [-0.15, -0.1) is 0 Å². The smallest absolute Gasteiger partial charge is 0.0725 e. The third kappa shape index (κ3) is 3.96. The standard InChI is InChI=1S/C37H23N3/c1-2-6-25-19-29(10-9-24(25)5-1)36-17-13-30-20-26(11-15-34(30)39-36)27-12-16-35-31(21-27)14-18-37(40-35)32-22-28-7-3-4-8-33(28)38-23-32/h1-23H. The van der Waals surface area contributed by atoms with Crippen LogP contribution in [-0.4, -0.2) is 15.0 Å². The van der Waals surface area contributed by atoms with Crippen molar-refractivity contribution < 1.29 is 0 Å². The maximum atomic E-state index is 4.98. The maximum absolute atomic E-state index is 4.98. The molecule has 3 aromatic heterocycles. The molecule has 0 saturated heterocycles. The van der Waals surface area contributed by atoms with Gasteiger partial charge in [0.25, 0.3) is 0 Å². The highest BCUT2D eigenvalue weighted by atomic mass is 14.7. The van der Waals surface area contributed by atoms with E-state index in [1.165, 1.54) is 10.8 Å². The maximum Gasteiger partial charge on any atom is 0.0725 e. The summed E-state index contributed by atoms with van der Waals surface area (Å²) in [6.45, 7) is 0. The van der Waals surface area contributed by atoms with Crippen molar-refractivity contribution in [3.05, 3.63) is 140 Å². The molecule has 0 fully saturated rings. The lowest BCUT2D eigenvalue weighted by Crippen LogP contribution is -1.89. The molecule has 0 spiro atoms. The molecule has 0 aliphatic heterocycles. The fraction of sp³-hybridized carbons (Fsp3) is 0. The molecule has 0 aliphatic carbocycles. The molecule has 8 rings (SSSR count). The first-order chi connectivity index (χ1) is 19.8. The molecule has 3 heteroatoms. The lowest BCUT2D eigenvalue weighted by Gasteiger charge is -2.09. The number of fused-ring (bicyclic) bond motifs is 4. The molecule has 186 valence electrons. The van der Waals surface area contributed by atoms with Gasteiger partial charge in [-0.05, 0) is 76.5 Å². The van der Waals surface area contributed by atoms with Gasteiger partial charge in [0.1, 0.15) is 0 Å². The van der Waals surface area contributed by atoms with Gasteiger partial charge >= 0.3 is 0 Å². The van der Waals surface area contributed by atoms with Crippen molar-refractivity contribution >= 4 is 43.5 Å². The zero-order valence-electron chi connectivity index (χ0n) is 21.6. The van der Waals surface area contributed by atoms with Gasteiger partial charge in [-0.25, -0.2) is 9.97 Å². The Bertz CT molecular complexity index is 2070. The van der Waals surface area contributed by atoms with E-state index in [2.05, 4.69) is 120 Å². The topological polar surface area (TPSA) is 38.7 Å². The Hall–Kier alpha value is -5.41. The summed E-state index contributed by atoms with van der Waals surface area (Å²) in [4.78, 5) is 14.5. The Balaban J connectivity index is 1.12. The van der Waals surface area contributed by atoms with Crippen LogP contribution in [0.2, 0.25) is 0 Å². The molecule has 0 radical (unpaired) electrons. The summed E-state index contributed by atoms with van der Waals surface area (Å²) in [6, 6.07) is 46.7. The van der Waals surface area contributed by atoms with E-state index in [0.29, 0.717) is 0 Å². The molecular weight excluding hydrogens is 486 g/mol. The van der Waals surface area contributed by atoms with Gasteiger partial charge in [0.2, 0.25) is 0 Å². The third-order valence-electron chi connectivity index (χ3n) is 7.64. The van der Waals surface area contributed by atoms with Crippen LogP contribution in [0.1, 0.15) is 0 Å². The molecule has 40 heavy (non-hydrogen) atoms. The van der Waals surface area contributed by atoms with E-state index in [-0.39, 0.29) is 0 Å². The highest BCUT2D eigenvalue weighted by Crippen LogP contribution is 2.30. The van der Waals surface area contributed by atoms with E-state index in [9.17, 15) is 0 Å². The second-order valence-electron chi connectivity index (χ2n) is 10.2. The molecule has 3 nitrogen and oxygen atoms in total. The summed E-state index contributed by atoms with van der Waals surface area (Å²) >= 11 is 0. The van der Waals surface area contributed by atoms with E-state index < -0.39 is 0 Å². The highest BCUT2D eigenvalue weighted by molar-refractivity contribution is 5.92. The zero-order valence-corrected chi connectivity index (χ0v) is 21.6. The average Bonchev–Trinajstić information content (AvgIpc) is 3.03. The lowest BCUT2D eigenvalue weighted by atomic mass is 10.00. The molecule has 5 aromatic carbocycles. The predicted molar refractivity (Wildman–Crippen MR) is 166 cm³/mol. The van der Waals surface area contributed by atoms with Gasteiger partial charge in [-0.2, -0.15) is 0 Å². The van der Waals surface area contributed by atoms with E-state index in [0.717, 1.165) is 66.4 Å². The van der Waals surface area contributed by atoms with E-state index >= 15 is 0 Å². The number of pyridine rings is 3. The molecule has 0 saturated carbocycles. The van der Waals surface area contributed by atoms with Gasteiger partial charge in [0, 0.05) is 33.5 Å². The minimum Gasteiger partial charge on any atom is -0.256 e. The second-order valence-corrected chi connectivity index (χ2v) is 10.2. The molecular formula is C37H23N3. The van der Waals surface area contributed by atoms with Crippen molar-refractivity contribution in [2.45, 2.75) is 0 Å². The van der Waals surface area contributed by atoms with Crippen LogP contribution in [0.15, 0.2) is 140 Å². The first-order valence-electron chi connectivity index (χ1n) is 13.4. The van der Waals surface area contributed by atoms with Gasteiger partial charge in [-0.1, -0.05) is 78.9 Å². The molecule has 0 unspecified atom stereocenters. The van der Waals surface area contributed by atoms with Crippen LogP contribution in [0.4, 0.5) is 0 Å². The summed E-state index contributed by atoms with van der Waals surface area (Å²) in [6.07, 6.45) is 1.90. The Morgan fingerprint density at radius 1 is 0.325 bits per heavy atom. The number of hydrogen-bond donors (Lipinski definition) is 0. The normalized spacial score (nSPS) is 11.5. The monoisotopic (exact) mass is 509 g/mol. The van der Waals surface area contributed by atoms with Gasteiger partial charge in [0.15, 0.2) is 0 Å². The Labute approximate surface area is 231 Å². The average molecular weight is 510 g/mol. The number of nitrogens with zero attached hydrogens (tertiary/aromatic N) is 3. The van der Waals surface area contributed by atoms with E-state index in [4.69, 9.17) is 9.97 Å². The number of para-hydroxylation sites is 1. The van der Waals surface area contributed by atoms with Gasteiger partial charge in [-0.3, -0.25) is 4.98 Å². The summed E-state index contributed by atoms with van der Waals surface area (Å²) in [5.41, 5.74) is 9.35. The summed E-state index contributed by atoms with van der Waals surface area (Å²) in [5, 5.41) is 5.82. The van der Waals surface area contributed by atoms with Crippen molar-refractivity contribution in [1.29, 1.82) is 0 Å². The molecule has 3 heterocycles. The largest absolute Gasteiger partial charge is 0.256 e. The highest BCUT2D eigenvalue weighted by Gasteiger charge is 2.08. The SMILES string of the molecule is c1ccc2cc(-c3ccc4cc(-c5ccc6nc(-c7cnc8ccccc8c7)ccc6c5)ccc4n3)ccc2c1. The van der Waals surface area contributed by atoms with Crippen molar-refractivity contribution in [3.63, 3.8) is 0 Å². The van der Waals surface area contributed by atoms with Gasteiger partial charge in [0.05, 0.1) is 27.9 Å². The first kappa shape index (κ1) is 22.6. The van der Waals surface area contributed by atoms with E-state index in [1.54, 1.807) is 0 Å². The number of rotatable bonds is 3. The Morgan fingerprint density at radius 2 is 0.825 bits per heavy atom. The molecule has 0 aliphatic rings. The third-order valence-corrected chi connectivity index (χ3v) is 7.64. The molecule has 0 amide bonds. The number of hydrogen-bond acceptors (Lipinski definition) is 3. The van der Waals surface area contributed by atoms with Crippen LogP contribution in [0.3, 0.4) is 0 Å². The van der Waals surface area contributed by atoms with Crippen molar-refractivity contribution in [1.82, 2.24) is 15.0 Å². The Morgan fingerprint density at radius 3 is 1.55 bits per heavy atom. The van der Waals surface area contributed by atoms with Crippen LogP contribution in [0, 0.1) is 0 Å². The molecule has 8 aromatic rings. The fourth-order valence-corrected chi connectivity index (χ4v) is 5.49. The Kier molecular flexibility index (Phi) is 5.14. The molecule has 0 bridgehead atoms. The lowest BCUT2D eigenvalue weighted by molar-refractivity contribution is 1.35. The molecule has 0 atom stereocenters. The molecule has 0 N–H and O–H groups in total. The van der Waals surface area contributed by atoms with Crippen molar-refractivity contribution in [2.24, 2.45) is 0 Å². The summed E-state index contributed by atoms with van der Waals surface area (Å²) in [5.74, 6) is 0. The summed E-state index contributed by atoms with van der Waals surface area (Å²) in [7, 11) is 0. The number of benzene rings is 5. The van der Waals surface area contributed by atoms with E-state index in [1.807, 2.05) is 24.4 Å². The second kappa shape index (κ2) is 9.11. The van der Waals surface area contributed by atoms with Gasteiger partial charge < -0.3 is 0 Å². The quantitative estimate of drug-likeness (QED) is 0.238. The minimum atomic E-state index is 0.928. The predicted octanol–water partition coefficient (Wildman–Crippen LogP) is 9.49. The first-order valence-corrected chi connectivity index (χ1v) is 13.4. The van der Waals surface area contributed by atoms with Crippen LogP contribution in [-0.2, 0) is 0 Å². The minimum absolute atomic E-state index is 0.928. The van der Waals surface area contributed by atoms with Crippen molar-refractivity contribution in [3.8, 4) is 33.6 Å². The van der Waals surface area contributed by atoms with Crippen LogP contribution in [0.25, 0.3) is 77.1 Å². The number of aromatic nitrogens is 3. The fourth-order valence-electron chi connectivity index (χ4n) is 5.49. The van der Waals surface area contributed by atoms with Crippen LogP contribution < -0.4 is 0 Å². The van der Waals surface area contributed by atoms with Crippen molar-refractivity contribution in [2.75, 3.05) is 0 Å². The zero-order chi connectivity index (χ0) is 26.5. The van der Waals surface area contributed by atoms with Crippen LogP contribution >= 0.6 is 0 Å². The van der Waals surface area contributed by atoms with Crippen LogP contribution in [0.5, 0.6) is 0 Å².